The minimum Gasteiger partial charge on any atom is -0.492 e. The van der Waals surface area contributed by atoms with E-state index in [-0.39, 0.29) is 16.5 Å². The molecular weight excluding hydrogens is 439 g/mol. The Kier molecular flexibility index (Phi) is 6.57. The summed E-state index contributed by atoms with van der Waals surface area (Å²) in [5.41, 5.74) is 1.54. The van der Waals surface area contributed by atoms with Gasteiger partial charge < -0.3 is 15.2 Å². The van der Waals surface area contributed by atoms with Crippen LogP contribution < -0.4 is 10.1 Å². The fourth-order valence-corrected chi connectivity index (χ4v) is 4.90. The lowest BCUT2D eigenvalue weighted by molar-refractivity contribution is -0.114. The van der Waals surface area contributed by atoms with Crippen LogP contribution in [0.3, 0.4) is 0 Å². The topological polar surface area (TPSA) is 61.8 Å². The van der Waals surface area contributed by atoms with E-state index < -0.39 is 11.9 Å². The highest BCUT2D eigenvalue weighted by Gasteiger charge is 2.22. The molecule has 0 bridgehead atoms. The Hall–Kier alpha value is -2.45. The second kappa shape index (κ2) is 9.36. The SMILES string of the molecule is CC(=O)Nc1ccc(CN2CCOc3ccc(C(O)c4c(F)cccc4Cl)cc3C2)s1. The van der Waals surface area contributed by atoms with Crippen LogP contribution in [0.4, 0.5) is 9.39 Å². The molecule has 3 aromatic rings. The summed E-state index contributed by atoms with van der Waals surface area (Å²) in [4.78, 5) is 14.6. The Bertz CT molecular complexity index is 1080. The van der Waals surface area contributed by atoms with Gasteiger partial charge in [-0.3, -0.25) is 9.69 Å². The number of nitrogens with one attached hydrogen (secondary N) is 1. The molecular formula is C23H22ClFN2O3S. The normalized spacial score (nSPS) is 15.0. The second-order valence-electron chi connectivity index (χ2n) is 7.41. The maximum absolute atomic E-state index is 14.3. The number of thiophene rings is 1. The molecule has 0 radical (unpaired) electrons. The van der Waals surface area contributed by atoms with Gasteiger partial charge in [-0.05, 0) is 42.0 Å². The number of aliphatic hydroxyl groups is 1. The van der Waals surface area contributed by atoms with Crippen LogP contribution in [0.5, 0.6) is 5.75 Å². The van der Waals surface area contributed by atoms with Crippen molar-refractivity contribution in [1.82, 2.24) is 4.90 Å². The number of rotatable bonds is 5. The molecule has 1 amide bonds. The first-order valence-electron chi connectivity index (χ1n) is 9.87. The minimum absolute atomic E-state index is 0.0691. The molecule has 4 rings (SSSR count). The molecule has 0 aliphatic carbocycles. The van der Waals surface area contributed by atoms with Crippen LogP contribution in [-0.2, 0) is 17.9 Å². The van der Waals surface area contributed by atoms with Crippen LogP contribution in [0, 0.1) is 5.82 Å². The number of hydrogen-bond donors (Lipinski definition) is 2. The van der Waals surface area contributed by atoms with Gasteiger partial charge in [-0.1, -0.05) is 23.7 Å². The van der Waals surface area contributed by atoms with E-state index in [1.165, 1.54) is 19.1 Å². The number of fused-ring (bicyclic) bond motifs is 1. The molecule has 0 spiro atoms. The van der Waals surface area contributed by atoms with Crippen molar-refractivity contribution in [2.75, 3.05) is 18.5 Å². The lowest BCUT2D eigenvalue weighted by Crippen LogP contribution is -2.24. The predicted octanol–water partition coefficient (Wildman–Crippen LogP) is 4.98. The van der Waals surface area contributed by atoms with E-state index in [9.17, 15) is 14.3 Å². The van der Waals surface area contributed by atoms with Crippen molar-refractivity contribution < 1.29 is 19.0 Å². The van der Waals surface area contributed by atoms with E-state index in [0.717, 1.165) is 27.7 Å². The van der Waals surface area contributed by atoms with Crippen LogP contribution in [-0.4, -0.2) is 29.1 Å². The molecule has 5 nitrogen and oxygen atoms in total. The van der Waals surface area contributed by atoms with Crippen molar-refractivity contribution in [2.24, 2.45) is 0 Å². The highest BCUT2D eigenvalue weighted by molar-refractivity contribution is 7.16. The maximum atomic E-state index is 14.3. The van der Waals surface area contributed by atoms with E-state index in [1.807, 2.05) is 24.3 Å². The minimum atomic E-state index is -1.17. The van der Waals surface area contributed by atoms with Gasteiger partial charge in [0, 0.05) is 47.6 Å². The van der Waals surface area contributed by atoms with Crippen molar-refractivity contribution in [1.29, 1.82) is 0 Å². The highest BCUT2D eigenvalue weighted by atomic mass is 35.5. The third kappa shape index (κ3) is 5.07. The largest absolute Gasteiger partial charge is 0.492 e. The predicted molar refractivity (Wildman–Crippen MR) is 120 cm³/mol. The molecule has 162 valence electrons. The van der Waals surface area contributed by atoms with Gasteiger partial charge in [0.25, 0.3) is 0 Å². The van der Waals surface area contributed by atoms with E-state index in [0.29, 0.717) is 25.3 Å². The second-order valence-corrected chi connectivity index (χ2v) is 8.99. The third-order valence-corrected chi connectivity index (χ3v) is 6.39. The van der Waals surface area contributed by atoms with E-state index in [4.69, 9.17) is 16.3 Å². The maximum Gasteiger partial charge on any atom is 0.221 e. The third-order valence-electron chi connectivity index (χ3n) is 5.07. The number of ether oxygens (including phenoxy) is 1. The summed E-state index contributed by atoms with van der Waals surface area (Å²) in [5, 5.41) is 14.6. The van der Waals surface area contributed by atoms with E-state index in [2.05, 4.69) is 10.2 Å². The molecule has 1 atom stereocenters. The summed E-state index contributed by atoms with van der Waals surface area (Å²) in [6.07, 6.45) is -1.17. The van der Waals surface area contributed by atoms with Crippen LogP contribution >= 0.6 is 22.9 Å². The van der Waals surface area contributed by atoms with E-state index in [1.54, 1.807) is 23.5 Å². The number of carbonyl (C=O) groups is 1. The van der Waals surface area contributed by atoms with Gasteiger partial charge in [-0.25, -0.2) is 4.39 Å². The lowest BCUT2D eigenvalue weighted by Gasteiger charge is -2.19. The zero-order valence-corrected chi connectivity index (χ0v) is 18.5. The number of anilines is 1. The number of hydrogen-bond acceptors (Lipinski definition) is 5. The molecule has 2 N–H and O–H groups in total. The number of carbonyl (C=O) groups excluding carboxylic acids is 1. The summed E-state index contributed by atoms with van der Waals surface area (Å²) < 4.78 is 20.2. The van der Waals surface area contributed by atoms with Crippen molar-refractivity contribution in [3.63, 3.8) is 0 Å². The monoisotopic (exact) mass is 460 g/mol. The standard InChI is InChI=1S/C23H22ClFN2O3S/c1-14(28)26-21-8-6-17(31-21)13-27-9-10-30-20-7-5-15(11-16(20)12-27)23(29)22-18(24)3-2-4-19(22)25/h2-8,11,23,29H,9-10,12-13H2,1H3,(H,26,28). The first-order chi connectivity index (χ1) is 14.9. The van der Waals surface area contributed by atoms with Gasteiger partial charge in [0.2, 0.25) is 5.91 Å². The quantitative estimate of drug-likeness (QED) is 0.564. The molecule has 2 aromatic carbocycles. The summed E-state index contributed by atoms with van der Waals surface area (Å²) in [6.45, 7) is 4.09. The summed E-state index contributed by atoms with van der Waals surface area (Å²) >= 11 is 7.67. The van der Waals surface area contributed by atoms with Gasteiger partial charge >= 0.3 is 0 Å². The van der Waals surface area contributed by atoms with Crippen LogP contribution in [0.1, 0.15) is 34.6 Å². The number of aliphatic hydroxyl groups excluding tert-OH is 1. The first kappa shape index (κ1) is 21.8. The molecule has 0 fully saturated rings. The lowest BCUT2D eigenvalue weighted by atomic mass is 9.98. The zero-order valence-electron chi connectivity index (χ0n) is 16.9. The summed E-state index contributed by atoms with van der Waals surface area (Å²) in [5.74, 6) is 0.121. The number of nitrogens with zero attached hydrogens (tertiary/aromatic N) is 1. The van der Waals surface area contributed by atoms with Crippen LogP contribution in [0.15, 0.2) is 48.5 Å². The first-order valence-corrected chi connectivity index (χ1v) is 11.1. The van der Waals surface area contributed by atoms with Crippen molar-refractivity contribution in [2.45, 2.75) is 26.1 Å². The Balaban J connectivity index is 1.54. The Morgan fingerprint density at radius 2 is 2.16 bits per heavy atom. The summed E-state index contributed by atoms with van der Waals surface area (Å²) in [7, 11) is 0. The zero-order chi connectivity index (χ0) is 22.0. The average Bonchev–Trinajstić information content (AvgIpc) is 3.03. The molecule has 31 heavy (non-hydrogen) atoms. The van der Waals surface area contributed by atoms with Crippen molar-refractivity contribution in [3.05, 3.63) is 80.9 Å². The fourth-order valence-electron chi connectivity index (χ4n) is 3.64. The highest BCUT2D eigenvalue weighted by Crippen LogP contribution is 2.34. The van der Waals surface area contributed by atoms with Gasteiger partial charge in [0.05, 0.1) is 5.00 Å². The number of benzene rings is 2. The number of halogens is 2. The van der Waals surface area contributed by atoms with Crippen LogP contribution in [0.2, 0.25) is 5.02 Å². The summed E-state index contributed by atoms with van der Waals surface area (Å²) in [6, 6.07) is 13.7. The smallest absolute Gasteiger partial charge is 0.221 e. The Labute approximate surface area is 189 Å². The Morgan fingerprint density at radius 3 is 2.94 bits per heavy atom. The van der Waals surface area contributed by atoms with E-state index >= 15 is 0 Å². The fraction of sp³-hybridized carbons (Fsp3) is 0.261. The molecule has 8 heteroatoms. The van der Waals surface area contributed by atoms with Gasteiger partial charge in [-0.15, -0.1) is 11.3 Å². The van der Waals surface area contributed by atoms with Gasteiger partial charge in [0.15, 0.2) is 0 Å². The molecule has 1 aliphatic heterocycles. The molecule has 1 aliphatic rings. The molecule has 1 unspecified atom stereocenters. The van der Waals surface area contributed by atoms with Gasteiger partial charge in [-0.2, -0.15) is 0 Å². The molecule has 0 saturated heterocycles. The molecule has 2 heterocycles. The van der Waals surface area contributed by atoms with Crippen LogP contribution in [0.25, 0.3) is 0 Å². The van der Waals surface area contributed by atoms with Crippen molar-refractivity contribution >= 4 is 33.8 Å². The molecule has 1 aromatic heterocycles. The number of amides is 1. The van der Waals surface area contributed by atoms with Crippen molar-refractivity contribution in [3.8, 4) is 5.75 Å². The van der Waals surface area contributed by atoms with Gasteiger partial charge in [0.1, 0.15) is 24.3 Å². The average molecular weight is 461 g/mol. The molecule has 0 saturated carbocycles. The Morgan fingerprint density at radius 1 is 1.32 bits per heavy atom.